The molecule has 0 unspecified atom stereocenters. The summed E-state index contributed by atoms with van der Waals surface area (Å²) in [7, 11) is 0. The van der Waals surface area contributed by atoms with Crippen LogP contribution in [0, 0.1) is 5.82 Å². The molecule has 1 N–H and O–H groups in total. The van der Waals surface area contributed by atoms with Crippen LogP contribution < -0.4 is 10.2 Å². The summed E-state index contributed by atoms with van der Waals surface area (Å²) in [5, 5.41) is 8.03. The van der Waals surface area contributed by atoms with Crippen molar-refractivity contribution >= 4 is 29.1 Å². The Hall–Kier alpha value is -3.91. The van der Waals surface area contributed by atoms with E-state index in [0.717, 1.165) is 5.56 Å². The molecule has 2 amide bonds. The van der Waals surface area contributed by atoms with Crippen LogP contribution in [0.4, 0.5) is 10.1 Å². The minimum absolute atomic E-state index is 0.0958. The maximum absolute atomic E-state index is 13.7. The molecule has 0 radical (unpaired) electrons. The van der Waals surface area contributed by atoms with Gasteiger partial charge in [-0.1, -0.05) is 23.7 Å². The predicted molar refractivity (Wildman–Crippen MR) is 125 cm³/mol. The number of nitrogens with one attached hydrogen (secondary N) is 1. The molecule has 1 atom stereocenters. The molecule has 1 aliphatic rings. The highest BCUT2D eigenvalue weighted by Crippen LogP contribution is 2.34. The van der Waals surface area contributed by atoms with Crippen LogP contribution >= 0.6 is 11.6 Å². The molecule has 2 aromatic carbocycles. The number of carbonyl (C=O) groups excluding carboxylic acids is 2. The second kappa shape index (κ2) is 8.46. The Balaban J connectivity index is 1.52. The molecule has 0 bridgehead atoms. The van der Waals surface area contributed by atoms with Crippen LogP contribution in [0.5, 0.6) is 0 Å². The summed E-state index contributed by atoms with van der Waals surface area (Å²) in [5.74, 6) is -0.725. The van der Waals surface area contributed by atoms with Crippen molar-refractivity contribution in [2.75, 3.05) is 4.90 Å². The van der Waals surface area contributed by atoms with Crippen LogP contribution in [0.2, 0.25) is 5.02 Å². The van der Waals surface area contributed by atoms with Gasteiger partial charge in [-0.3, -0.25) is 19.2 Å². The van der Waals surface area contributed by atoms with Gasteiger partial charge in [-0.15, -0.1) is 0 Å². The predicted octanol–water partition coefficient (Wildman–Crippen LogP) is 4.67. The van der Waals surface area contributed by atoms with Crippen LogP contribution in [0.25, 0.3) is 11.5 Å². The van der Waals surface area contributed by atoms with E-state index >= 15 is 0 Å². The highest BCUT2D eigenvalue weighted by molar-refractivity contribution is 6.30. The summed E-state index contributed by atoms with van der Waals surface area (Å²) in [4.78, 5) is 28.6. The lowest BCUT2D eigenvalue weighted by molar-refractivity contribution is -0.126. The first kappa shape index (κ1) is 21.9. The molecule has 0 fully saturated rings. The van der Waals surface area contributed by atoms with Gasteiger partial charge >= 0.3 is 0 Å². The van der Waals surface area contributed by atoms with Gasteiger partial charge in [0.1, 0.15) is 22.7 Å². The Kier molecular flexibility index (Phi) is 5.45. The number of anilines is 1. The topological polar surface area (TPSA) is 80.4 Å². The van der Waals surface area contributed by atoms with Crippen LogP contribution in [0.1, 0.15) is 23.0 Å². The number of benzene rings is 2. The average molecular weight is 479 g/mol. The lowest BCUT2D eigenvalue weighted by atomic mass is 9.93. The van der Waals surface area contributed by atoms with Gasteiger partial charge in [0.2, 0.25) is 5.91 Å². The monoisotopic (exact) mass is 478 g/mol. The van der Waals surface area contributed by atoms with Crippen molar-refractivity contribution in [1.82, 2.24) is 15.1 Å². The van der Waals surface area contributed by atoms with Crippen molar-refractivity contribution in [3.63, 3.8) is 0 Å². The van der Waals surface area contributed by atoms with Crippen molar-refractivity contribution in [1.29, 1.82) is 0 Å². The zero-order valence-electron chi connectivity index (χ0n) is 18.2. The maximum atomic E-state index is 13.7. The molecule has 4 aromatic rings. The van der Waals surface area contributed by atoms with E-state index in [1.54, 1.807) is 37.3 Å². The number of hydrogen-bond acceptors (Lipinski definition) is 4. The number of nitrogens with zero attached hydrogens (tertiary/aromatic N) is 3. The minimum Gasteiger partial charge on any atom is -0.463 e. The van der Waals surface area contributed by atoms with Gasteiger partial charge in [-0.25, -0.2) is 4.39 Å². The second-order valence-electron chi connectivity index (χ2n) is 8.25. The zero-order chi connectivity index (χ0) is 23.9. The summed E-state index contributed by atoms with van der Waals surface area (Å²) in [6, 6.07) is 17.7. The van der Waals surface area contributed by atoms with Crippen LogP contribution in [-0.2, 0) is 17.9 Å². The van der Waals surface area contributed by atoms with Gasteiger partial charge in [0.25, 0.3) is 5.91 Å². The van der Waals surface area contributed by atoms with Crippen LogP contribution in [0.15, 0.2) is 77.4 Å². The third-order valence-electron chi connectivity index (χ3n) is 5.87. The first-order chi connectivity index (χ1) is 16.3. The number of rotatable bonds is 5. The lowest BCUT2D eigenvalue weighted by Gasteiger charge is -2.43. The number of halogens is 2. The van der Waals surface area contributed by atoms with Gasteiger partial charge < -0.3 is 9.73 Å². The van der Waals surface area contributed by atoms with E-state index in [4.69, 9.17) is 16.0 Å². The first-order valence-corrected chi connectivity index (χ1v) is 11.0. The first-order valence-electron chi connectivity index (χ1n) is 10.6. The van der Waals surface area contributed by atoms with E-state index in [1.807, 2.05) is 12.1 Å². The molecule has 5 rings (SSSR count). The maximum Gasteiger partial charge on any atom is 0.277 e. The molecule has 9 heteroatoms. The fourth-order valence-corrected chi connectivity index (χ4v) is 4.22. The summed E-state index contributed by atoms with van der Waals surface area (Å²) >= 11 is 5.94. The molecule has 2 aromatic heterocycles. The van der Waals surface area contributed by atoms with Crippen molar-refractivity contribution in [3.05, 3.63) is 95.1 Å². The number of fused-ring (bicyclic) bond motifs is 1. The molecule has 7 nitrogen and oxygen atoms in total. The van der Waals surface area contributed by atoms with E-state index in [0.29, 0.717) is 27.9 Å². The minimum atomic E-state index is -1.33. The van der Waals surface area contributed by atoms with E-state index in [2.05, 4.69) is 10.4 Å². The summed E-state index contributed by atoms with van der Waals surface area (Å²) in [6.07, 6.45) is 1.52. The molecule has 0 spiro atoms. The Bertz CT molecular complexity index is 1350. The molecule has 0 aliphatic carbocycles. The molecular formula is C25H20ClFN4O3. The van der Waals surface area contributed by atoms with Crippen molar-refractivity contribution in [2.24, 2.45) is 0 Å². The summed E-state index contributed by atoms with van der Waals surface area (Å²) in [5.41, 5.74) is 0.719. The number of aromatic nitrogens is 2. The van der Waals surface area contributed by atoms with E-state index < -0.39 is 17.3 Å². The molecule has 0 saturated heterocycles. The smallest absolute Gasteiger partial charge is 0.277 e. The fourth-order valence-electron chi connectivity index (χ4n) is 4.10. The number of carbonyl (C=O) groups is 2. The average Bonchev–Trinajstić information content (AvgIpc) is 3.50. The molecular weight excluding hydrogens is 459 g/mol. The van der Waals surface area contributed by atoms with Gasteiger partial charge in [-0.2, -0.15) is 5.10 Å². The molecule has 0 saturated carbocycles. The summed E-state index contributed by atoms with van der Waals surface area (Å²) < 4.78 is 20.6. The molecule has 34 heavy (non-hydrogen) atoms. The zero-order valence-corrected chi connectivity index (χ0v) is 18.9. The normalized spacial score (nSPS) is 17.5. The van der Waals surface area contributed by atoms with Crippen LogP contribution in [-0.4, -0.2) is 27.1 Å². The highest BCUT2D eigenvalue weighted by Gasteiger charge is 2.49. The number of furan rings is 1. The van der Waals surface area contributed by atoms with Gasteiger partial charge in [0.05, 0.1) is 12.8 Å². The molecule has 172 valence electrons. The highest BCUT2D eigenvalue weighted by atomic mass is 35.5. The molecule has 3 heterocycles. The van der Waals surface area contributed by atoms with E-state index in [9.17, 15) is 14.0 Å². The third kappa shape index (κ3) is 3.86. The summed E-state index contributed by atoms with van der Waals surface area (Å²) in [6.45, 7) is 2.02. The van der Waals surface area contributed by atoms with Gasteiger partial charge in [0.15, 0.2) is 5.76 Å². The molecule has 1 aliphatic heterocycles. The van der Waals surface area contributed by atoms with Gasteiger partial charge in [-0.05, 0) is 61.0 Å². The lowest BCUT2D eigenvalue weighted by Crippen LogP contribution is -2.64. The van der Waals surface area contributed by atoms with E-state index in [1.165, 1.54) is 40.1 Å². The second-order valence-corrected chi connectivity index (χ2v) is 8.69. The largest absolute Gasteiger partial charge is 0.463 e. The van der Waals surface area contributed by atoms with E-state index in [-0.39, 0.29) is 19.0 Å². The Labute approximate surface area is 199 Å². The number of amides is 2. The quantitative estimate of drug-likeness (QED) is 0.452. The third-order valence-corrected chi connectivity index (χ3v) is 6.12. The van der Waals surface area contributed by atoms with Crippen molar-refractivity contribution < 1.29 is 18.4 Å². The van der Waals surface area contributed by atoms with Crippen molar-refractivity contribution in [2.45, 2.75) is 25.6 Å². The fraction of sp³-hybridized carbons (Fsp3) is 0.160. The van der Waals surface area contributed by atoms with Gasteiger partial charge in [0, 0.05) is 23.3 Å². The SMILES string of the molecule is C[C@@]1(C(=O)NCc2ccc(Cl)cc2)Cn2nc(-c3ccco3)cc2C(=O)N1c1ccc(F)cc1. The number of hydrogen-bond donors (Lipinski definition) is 1. The Morgan fingerprint density at radius 1 is 1.18 bits per heavy atom. The van der Waals surface area contributed by atoms with Crippen molar-refractivity contribution in [3.8, 4) is 11.5 Å². The Morgan fingerprint density at radius 3 is 2.59 bits per heavy atom. The van der Waals surface area contributed by atoms with Crippen LogP contribution in [0.3, 0.4) is 0 Å². The standard InChI is InChI=1S/C25H20ClFN4O3/c1-25(24(33)28-14-16-4-6-17(26)7-5-16)15-30-21(13-20(29-30)22-3-2-12-34-22)23(32)31(25)19-10-8-18(27)9-11-19/h2-13H,14-15H2,1H3,(H,28,33)/t25-/m0/s1. The Morgan fingerprint density at radius 2 is 1.91 bits per heavy atom.